The lowest BCUT2D eigenvalue weighted by molar-refractivity contribution is -0.157. The van der Waals surface area contributed by atoms with Crippen LogP contribution in [-0.2, 0) is 9.53 Å². The third-order valence-electron chi connectivity index (χ3n) is 9.89. The Kier molecular flexibility index (Phi) is 12.1. The van der Waals surface area contributed by atoms with Crippen molar-refractivity contribution < 1.29 is 9.53 Å². The zero-order chi connectivity index (χ0) is 23.5. The van der Waals surface area contributed by atoms with Gasteiger partial charge in [0.25, 0.3) is 0 Å². The first-order chi connectivity index (χ1) is 16.1. The molecule has 192 valence electrons. The molecule has 3 rings (SSSR count). The van der Waals surface area contributed by atoms with Gasteiger partial charge in [-0.05, 0) is 100 Å². The standard InChI is InChI=1S/C31H56O2/c1-4-6-7-8-9-10-25-13-21-30(22-14-25)33-31(32)29-19-17-28(18-20-29)27-15-11-26(12-16-27)23-24(3)5-2/h24-30H,4-23H2,1-3H3. The van der Waals surface area contributed by atoms with Gasteiger partial charge in [0.15, 0.2) is 0 Å². The maximum absolute atomic E-state index is 12.9. The third kappa shape index (κ3) is 9.21. The highest BCUT2D eigenvalue weighted by Crippen LogP contribution is 2.43. The highest BCUT2D eigenvalue weighted by atomic mass is 16.5. The molecule has 0 aromatic carbocycles. The minimum atomic E-state index is 0.147. The topological polar surface area (TPSA) is 26.3 Å². The number of carbonyl (C=O) groups is 1. The Morgan fingerprint density at radius 2 is 1.30 bits per heavy atom. The molecule has 2 nitrogen and oxygen atoms in total. The number of esters is 1. The fraction of sp³-hybridized carbons (Fsp3) is 0.968. The average Bonchev–Trinajstić information content (AvgIpc) is 2.85. The summed E-state index contributed by atoms with van der Waals surface area (Å²) in [6.07, 6.45) is 26.6. The van der Waals surface area contributed by atoms with Gasteiger partial charge in [0.1, 0.15) is 6.10 Å². The molecule has 0 bridgehead atoms. The van der Waals surface area contributed by atoms with Gasteiger partial charge in [0, 0.05) is 0 Å². The highest BCUT2D eigenvalue weighted by Gasteiger charge is 2.34. The molecule has 0 spiro atoms. The Labute approximate surface area is 206 Å². The summed E-state index contributed by atoms with van der Waals surface area (Å²) in [4.78, 5) is 12.9. The van der Waals surface area contributed by atoms with Crippen LogP contribution >= 0.6 is 0 Å². The monoisotopic (exact) mass is 460 g/mol. The fourth-order valence-corrected chi connectivity index (χ4v) is 7.29. The van der Waals surface area contributed by atoms with E-state index in [9.17, 15) is 4.79 Å². The first-order valence-electron chi connectivity index (χ1n) is 15.3. The molecule has 0 saturated heterocycles. The van der Waals surface area contributed by atoms with Gasteiger partial charge in [-0.3, -0.25) is 4.79 Å². The summed E-state index contributed by atoms with van der Waals surface area (Å²) >= 11 is 0. The van der Waals surface area contributed by atoms with E-state index in [1.54, 1.807) is 0 Å². The molecule has 1 unspecified atom stereocenters. The van der Waals surface area contributed by atoms with Crippen LogP contribution in [0.25, 0.3) is 0 Å². The van der Waals surface area contributed by atoms with E-state index in [1.165, 1.54) is 103 Å². The molecule has 0 N–H and O–H groups in total. The Morgan fingerprint density at radius 3 is 1.91 bits per heavy atom. The molecule has 0 aliphatic heterocycles. The van der Waals surface area contributed by atoms with E-state index in [0.717, 1.165) is 55.3 Å². The summed E-state index contributed by atoms with van der Waals surface area (Å²) in [6.45, 7) is 7.05. The Morgan fingerprint density at radius 1 is 0.727 bits per heavy atom. The summed E-state index contributed by atoms with van der Waals surface area (Å²) in [5.74, 6) is 4.93. The maximum Gasteiger partial charge on any atom is 0.309 e. The predicted octanol–water partition coefficient (Wildman–Crippen LogP) is 9.50. The van der Waals surface area contributed by atoms with Gasteiger partial charge in [-0.2, -0.15) is 0 Å². The SMILES string of the molecule is CCCCCCCC1CCC(OC(=O)C2CCC(C3CCC(CC(C)CC)CC3)CC2)CC1. The van der Waals surface area contributed by atoms with Gasteiger partial charge in [-0.15, -0.1) is 0 Å². The van der Waals surface area contributed by atoms with Crippen molar-refractivity contribution in [2.45, 2.75) is 155 Å². The molecule has 0 aromatic heterocycles. The molecular formula is C31H56O2. The van der Waals surface area contributed by atoms with Crippen LogP contribution in [0.2, 0.25) is 0 Å². The highest BCUT2D eigenvalue weighted by molar-refractivity contribution is 5.72. The van der Waals surface area contributed by atoms with Gasteiger partial charge in [0.05, 0.1) is 5.92 Å². The third-order valence-corrected chi connectivity index (χ3v) is 9.89. The molecule has 3 aliphatic carbocycles. The van der Waals surface area contributed by atoms with Crippen molar-refractivity contribution in [3.05, 3.63) is 0 Å². The quantitative estimate of drug-likeness (QED) is 0.214. The Balaban J connectivity index is 1.27. The molecule has 0 amide bonds. The second kappa shape index (κ2) is 14.8. The van der Waals surface area contributed by atoms with E-state index in [4.69, 9.17) is 4.74 Å². The van der Waals surface area contributed by atoms with E-state index < -0.39 is 0 Å². The van der Waals surface area contributed by atoms with Gasteiger partial charge < -0.3 is 4.74 Å². The van der Waals surface area contributed by atoms with Crippen molar-refractivity contribution in [1.29, 1.82) is 0 Å². The van der Waals surface area contributed by atoms with Crippen LogP contribution in [0.15, 0.2) is 0 Å². The van der Waals surface area contributed by atoms with E-state index in [-0.39, 0.29) is 18.0 Å². The summed E-state index contributed by atoms with van der Waals surface area (Å²) in [6, 6.07) is 0. The Bertz CT molecular complexity index is 519. The minimum absolute atomic E-state index is 0.147. The zero-order valence-corrected chi connectivity index (χ0v) is 22.5. The lowest BCUT2D eigenvalue weighted by Gasteiger charge is -2.38. The molecule has 1 atom stereocenters. The van der Waals surface area contributed by atoms with E-state index >= 15 is 0 Å². The average molecular weight is 461 g/mol. The van der Waals surface area contributed by atoms with E-state index in [1.807, 2.05) is 0 Å². The first-order valence-corrected chi connectivity index (χ1v) is 15.3. The number of carbonyl (C=O) groups excluding carboxylic acids is 1. The number of hydrogen-bond donors (Lipinski definition) is 0. The predicted molar refractivity (Wildman–Crippen MR) is 140 cm³/mol. The van der Waals surface area contributed by atoms with Crippen molar-refractivity contribution in [3.8, 4) is 0 Å². The zero-order valence-electron chi connectivity index (χ0n) is 22.5. The lowest BCUT2D eigenvalue weighted by atomic mass is 9.68. The summed E-state index contributed by atoms with van der Waals surface area (Å²) in [5.41, 5.74) is 0. The minimum Gasteiger partial charge on any atom is -0.462 e. The smallest absolute Gasteiger partial charge is 0.309 e. The van der Waals surface area contributed by atoms with Gasteiger partial charge in [-0.25, -0.2) is 0 Å². The number of unbranched alkanes of at least 4 members (excludes halogenated alkanes) is 4. The second-order valence-corrected chi connectivity index (χ2v) is 12.4. The van der Waals surface area contributed by atoms with Crippen LogP contribution in [0.4, 0.5) is 0 Å². The molecule has 3 fully saturated rings. The fourth-order valence-electron chi connectivity index (χ4n) is 7.29. The van der Waals surface area contributed by atoms with Crippen molar-refractivity contribution >= 4 is 5.97 Å². The largest absolute Gasteiger partial charge is 0.462 e. The number of rotatable bonds is 12. The van der Waals surface area contributed by atoms with Crippen LogP contribution < -0.4 is 0 Å². The van der Waals surface area contributed by atoms with Gasteiger partial charge in [-0.1, -0.05) is 78.6 Å². The molecule has 0 radical (unpaired) electrons. The lowest BCUT2D eigenvalue weighted by Crippen LogP contribution is -2.32. The van der Waals surface area contributed by atoms with E-state index in [2.05, 4.69) is 20.8 Å². The van der Waals surface area contributed by atoms with Crippen LogP contribution in [0.3, 0.4) is 0 Å². The first kappa shape index (κ1) is 27.1. The van der Waals surface area contributed by atoms with E-state index in [0.29, 0.717) is 0 Å². The molecule has 0 heterocycles. The summed E-state index contributed by atoms with van der Waals surface area (Å²) in [5, 5.41) is 0. The molecule has 33 heavy (non-hydrogen) atoms. The molecule has 0 aromatic rings. The second-order valence-electron chi connectivity index (χ2n) is 12.4. The van der Waals surface area contributed by atoms with Crippen LogP contribution in [0.5, 0.6) is 0 Å². The van der Waals surface area contributed by atoms with Crippen molar-refractivity contribution in [2.75, 3.05) is 0 Å². The van der Waals surface area contributed by atoms with Gasteiger partial charge >= 0.3 is 5.97 Å². The molecule has 3 aliphatic rings. The summed E-state index contributed by atoms with van der Waals surface area (Å²) in [7, 11) is 0. The van der Waals surface area contributed by atoms with Crippen molar-refractivity contribution in [1.82, 2.24) is 0 Å². The molecular weight excluding hydrogens is 404 g/mol. The number of hydrogen-bond acceptors (Lipinski definition) is 2. The van der Waals surface area contributed by atoms with Crippen LogP contribution in [0, 0.1) is 35.5 Å². The number of ether oxygens (including phenoxy) is 1. The summed E-state index contributed by atoms with van der Waals surface area (Å²) < 4.78 is 6.04. The van der Waals surface area contributed by atoms with Gasteiger partial charge in [0.2, 0.25) is 0 Å². The normalized spacial score (nSPS) is 34.0. The van der Waals surface area contributed by atoms with Crippen molar-refractivity contribution in [2.24, 2.45) is 35.5 Å². The van der Waals surface area contributed by atoms with Crippen LogP contribution in [0.1, 0.15) is 149 Å². The molecule has 2 heteroatoms. The van der Waals surface area contributed by atoms with Crippen LogP contribution in [-0.4, -0.2) is 12.1 Å². The molecule has 3 saturated carbocycles. The maximum atomic E-state index is 12.9. The Hall–Kier alpha value is -0.530. The van der Waals surface area contributed by atoms with Crippen molar-refractivity contribution in [3.63, 3.8) is 0 Å².